The average molecular weight is 248 g/mol. The summed E-state index contributed by atoms with van der Waals surface area (Å²) >= 11 is 0. The van der Waals surface area contributed by atoms with Crippen LogP contribution in [0.1, 0.15) is 51.1 Å². The minimum Gasteiger partial charge on any atom is -0.474 e. The Balaban J connectivity index is 1.96. The summed E-state index contributed by atoms with van der Waals surface area (Å²) < 4.78 is 6.00. The summed E-state index contributed by atoms with van der Waals surface area (Å²) in [7, 11) is 1.97. The van der Waals surface area contributed by atoms with Gasteiger partial charge in [-0.25, -0.2) is 4.98 Å². The zero-order valence-electron chi connectivity index (χ0n) is 11.6. The van der Waals surface area contributed by atoms with E-state index in [1.54, 1.807) is 0 Å². The van der Waals surface area contributed by atoms with Crippen LogP contribution in [0, 0.1) is 5.92 Å². The minimum absolute atomic E-state index is 0.335. The van der Waals surface area contributed by atoms with Crippen molar-refractivity contribution >= 4 is 0 Å². The number of hydrogen-bond acceptors (Lipinski definition) is 3. The molecule has 0 spiro atoms. The van der Waals surface area contributed by atoms with Crippen molar-refractivity contribution in [2.45, 2.75) is 51.7 Å². The van der Waals surface area contributed by atoms with Crippen LogP contribution in [0.4, 0.5) is 0 Å². The van der Waals surface area contributed by atoms with E-state index in [-0.39, 0.29) is 0 Å². The van der Waals surface area contributed by atoms with Gasteiger partial charge in [0, 0.05) is 18.3 Å². The highest BCUT2D eigenvalue weighted by Crippen LogP contribution is 2.27. The van der Waals surface area contributed by atoms with Gasteiger partial charge >= 0.3 is 0 Å². The third kappa shape index (κ3) is 3.45. The van der Waals surface area contributed by atoms with Crippen molar-refractivity contribution in [1.82, 2.24) is 10.3 Å². The Morgan fingerprint density at radius 1 is 1.33 bits per heavy atom. The van der Waals surface area contributed by atoms with Gasteiger partial charge < -0.3 is 10.1 Å². The molecule has 1 aliphatic carbocycles. The molecule has 0 radical (unpaired) electrons. The van der Waals surface area contributed by atoms with Crippen molar-refractivity contribution in [1.29, 1.82) is 0 Å². The van der Waals surface area contributed by atoms with Crippen molar-refractivity contribution in [3.8, 4) is 5.88 Å². The molecule has 0 amide bonds. The predicted molar refractivity (Wildman–Crippen MR) is 73.8 cm³/mol. The summed E-state index contributed by atoms with van der Waals surface area (Å²) in [6, 6.07) is 4.43. The maximum Gasteiger partial charge on any atom is 0.213 e. The molecule has 3 heteroatoms. The van der Waals surface area contributed by atoms with Gasteiger partial charge in [-0.15, -0.1) is 0 Å². The summed E-state index contributed by atoms with van der Waals surface area (Å²) in [6.45, 7) is 4.46. The normalized spacial score (nSPS) is 25.7. The van der Waals surface area contributed by atoms with Crippen molar-refractivity contribution in [3.63, 3.8) is 0 Å². The molecule has 3 nitrogen and oxygen atoms in total. The molecule has 1 atom stereocenters. The van der Waals surface area contributed by atoms with E-state index in [2.05, 4.69) is 30.2 Å². The fourth-order valence-electron chi connectivity index (χ4n) is 2.44. The van der Waals surface area contributed by atoms with Crippen LogP contribution in [0.5, 0.6) is 5.88 Å². The van der Waals surface area contributed by atoms with Gasteiger partial charge in [0.1, 0.15) is 6.10 Å². The Morgan fingerprint density at radius 3 is 2.72 bits per heavy atom. The molecule has 1 saturated carbocycles. The lowest BCUT2D eigenvalue weighted by Gasteiger charge is -2.26. The van der Waals surface area contributed by atoms with E-state index < -0.39 is 0 Å². The second-order valence-corrected chi connectivity index (χ2v) is 5.44. The van der Waals surface area contributed by atoms with E-state index in [1.807, 2.05) is 19.3 Å². The molecule has 100 valence electrons. The van der Waals surface area contributed by atoms with E-state index in [1.165, 1.54) is 18.4 Å². The lowest BCUT2D eigenvalue weighted by molar-refractivity contribution is 0.130. The fourth-order valence-corrected chi connectivity index (χ4v) is 2.44. The summed E-state index contributed by atoms with van der Waals surface area (Å²) in [5.41, 5.74) is 1.23. The molecule has 0 aromatic carbocycles. The number of nitrogens with zero attached hydrogens (tertiary/aromatic N) is 1. The van der Waals surface area contributed by atoms with Crippen LogP contribution in [0.25, 0.3) is 0 Å². The summed E-state index contributed by atoms with van der Waals surface area (Å²) in [6.07, 6.45) is 7.07. The highest BCUT2D eigenvalue weighted by Gasteiger charge is 2.20. The average Bonchev–Trinajstić information content (AvgIpc) is 2.41. The third-order valence-electron chi connectivity index (χ3n) is 3.94. The van der Waals surface area contributed by atoms with E-state index >= 15 is 0 Å². The van der Waals surface area contributed by atoms with E-state index in [4.69, 9.17) is 4.74 Å². The molecule has 1 N–H and O–H groups in total. The molecule has 0 saturated heterocycles. The number of ether oxygens (including phenoxy) is 1. The highest BCUT2D eigenvalue weighted by atomic mass is 16.5. The standard InChI is InChI=1S/C15H24N2O/c1-11-4-6-14(7-5-11)18-15-10-13(8-9-17-15)12(2)16-3/h8-12,14,16H,4-7H2,1-3H3. The van der Waals surface area contributed by atoms with Crippen molar-refractivity contribution in [2.24, 2.45) is 5.92 Å². The van der Waals surface area contributed by atoms with Gasteiger partial charge in [0.05, 0.1) is 0 Å². The van der Waals surface area contributed by atoms with Crippen LogP contribution in [0.2, 0.25) is 0 Å². The molecule has 1 heterocycles. The second kappa shape index (κ2) is 6.19. The first kappa shape index (κ1) is 13.3. The third-order valence-corrected chi connectivity index (χ3v) is 3.94. The molecular weight excluding hydrogens is 224 g/mol. The highest BCUT2D eigenvalue weighted by molar-refractivity contribution is 5.23. The summed E-state index contributed by atoms with van der Waals surface area (Å²) in [5, 5.41) is 3.23. The number of aromatic nitrogens is 1. The molecule has 1 aliphatic rings. The largest absolute Gasteiger partial charge is 0.474 e. The van der Waals surface area contributed by atoms with E-state index in [0.29, 0.717) is 12.1 Å². The molecular formula is C15H24N2O. The number of rotatable bonds is 4. The maximum absolute atomic E-state index is 6.00. The Labute approximate surface area is 110 Å². The van der Waals surface area contributed by atoms with Crippen LogP contribution in [0.3, 0.4) is 0 Å². The first-order chi connectivity index (χ1) is 8.69. The van der Waals surface area contributed by atoms with Gasteiger partial charge in [0.25, 0.3) is 0 Å². The van der Waals surface area contributed by atoms with Crippen LogP contribution in [-0.4, -0.2) is 18.1 Å². The monoisotopic (exact) mass is 248 g/mol. The van der Waals surface area contributed by atoms with Crippen LogP contribution in [0.15, 0.2) is 18.3 Å². The Kier molecular flexibility index (Phi) is 4.59. The molecule has 0 aliphatic heterocycles. The topological polar surface area (TPSA) is 34.2 Å². The molecule has 18 heavy (non-hydrogen) atoms. The molecule has 1 aromatic heterocycles. The first-order valence-corrected chi connectivity index (χ1v) is 6.99. The molecule has 0 bridgehead atoms. The lowest BCUT2D eigenvalue weighted by Crippen LogP contribution is -2.23. The lowest BCUT2D eigenvalue weighted by atomic mass is 9.89. The van der Waals surface area contributed by atoms with Gasteiger partial charge in [0.15, 0.2) is 0 Å². The summed E-state index contributed by atoms with van der Waals surface area (Å²) in [4.78, 5) is 4.32. The zero-order valence-corrected chi connectivity index (χ0v) is 11.6. The van der Waals surface area contributed by atoms with Gasteiger partial charge in [-0.05, 0) is 57.2 Å². The fraction of sp³-hybridized carbons (Fsp3) is 0.667. The van der Waals surface area contributed by atoms with Gasteiger partial charge in [-0.2, -0.15) is 0 Å². The number of nitrogens with one attached hydrogen (secondary N) is 1. The van der Waals surface area contributed by atoms with Crippen LogP contribution >= 0.6 is 0 Å². The van der Waals surface area contributed by atoms with Gasteiger partial charge in [-0.3, -0.25) is 0 Å². The molecule has 2 rings (SSSR count). The molecule has 1 fully saturated rings. The Morgan fingerprint density at radius 2 is 2.06 bits per heavy atom. The van der Waals surface area contributed by atoms with Crippen molar-refractivity contribution < 1.29 is 4.74 Å². The van der Waals surface area contributed by atoms with Gasteiger partial charge in [0.2, 0.25) is 5.88 Å². The Bertz CT molecular complexity index is 373. The zero-order chi connectivity index (χ0) is 13.0. The van der Waals surface area contributed by atoms with Crippen molar-refractivity contribution in [2.75, 3.05) is 7.05 Å². The van der Waals surface area contributed by atoms with Crippen LogP contribution in [-0.2, 0) is 0 Å². The number of pyridine rings is 1. The number of hydrogen-bond donors (Lipinski definition) is 1. The first-order valence-electron chi connectivity index (χ1n) is 6.99. The second-order valence-electron chi connectivity index (χ2n) is 5.44. The SMILES string of the molecule is CNC(C)c1ccnc(OC2CCC(C)CC2)c1. The van der Waals surface area contributed by atoms with Gasteiger partial charge in [-0.1, -0.05) is 6.92 Å². The van der Waals surface area contributed by atoms with E-state index in [0.717, 1.165) is 24.6 Å². The molecule has 1 aromatic rings. The maximum atomic E-state index is 6.00. The molecule has 1 unspecified atom stereocenters. The summed E-state index contributed by atoms with van der Waals surface area (Å²) in [5.74, 6) is 1.63. The predicted octanol–water partition coefficient (Wildman–Crippen LogP) is 3.32. The smallest absolute Gasteiger partial charge is 0.213 e. The van der Waals surface area contributed by atoms with Crippen LogP contribution < -0.4 is 10.1 Å². The van der Waals surface area contributed by atoms with E-state index in [9.17, 15) is 0 Å². The Hall–Kier alpha value is -1.09. The quantitative estimate of drug-likeness (QED) is 0.887. The minimum atomic E-state index is 0.335. The van der Waals surface area contributed by atoms with Crippen molar-refractivity contribution in [3.05, 3.63) is 23.9 Å².